The van der Waals surface area contributed by atoms with Gasteiger partial charge in [0.1, 0.15) is 0 Å². The van der Waals surface area contributed by atoms with Crippen LogP contribution in [0.5, 0.6) is 0 Å². The molecule has 0 aromatic heterocycles. The molecule has 4 N–H and O–H groups in total. The van der Waals surface area contributed by atoms with Crippen LogP contribution in [0.3, 0.4) is 0 Å². The average molecular weight is 326 g/mol. The van der Waals surface area contributed by atoms with Gasteiger partial charge in [0.05, 0.1) is 30.8 Å². The van der Waals surface area contributed by atoms with E-state index in [4.69, 9.17) is 5.73 Å². The highest BCUT2D eigenvalue weighted by Crippen LogP contribution is 2.33. The summed E-state index contributed by atoms with van der Waals surface area (Å²) in [6, 6.07) is -1.26. The second kappa shape index (κ2) is 6.28. The van der Waals surface area contributed by atoms with Gasteiger partial charge >= 0.3 is 6.03 Å². The van der Waals surface area contributed by atoms with Gasteiger partial charge in [-0.2, -0.15) is 0 Å². The van der Waals surface area contributed by atoms with Crippen LogP contribution >= 0.6 is 0 Å². The minimum atomic E-state index is -0.725. The van der Waals surface area contributed by atoms with E-state index < -0.39 is 12.1 Å². The van der Waals surface area contributed by atoms with Crippen LogP contribution in [0.1, 0.15) is 41.0 Å². The number of hydrogen-bond acceptors (Lipinski definition) is 4. The molecule has 0 saturated carbocycles. The van der Waals surface area contributed by atoms with E-state index >= 15 is 0 Å². The number of hydrogen-bond donors (Lipinski definition) is 3. The van der Waals surface area contributed by atoms with Crippen LogP contribution in [0.25, 0.3) is 0 Å². The third kappa shape index (κ3) is 3.45. The molecular weight excluding hydrogens is 296 g/mol. The van der Waals surface area contributed by atoms with E-state index in [1.165, 1.54) is 0 Å². The van der Waals surface area contributed by atoms with Crippen molar-refractivity contribution < 1.29 is 14.7 Å². The number of nitrogens with one attached hydrogen (secondary N) is 1. The molecule has 7 heteroatoms. The molecule has 2 rings (SSSR count). The summed E-state index contributed by atoms with van der Waals surface area (Å²) in [4.78, 5) is 28.3. The smallest absolute Gasteiger partial charge is 0.318 e. The lowest BCUT2D eigenvalue weighted by Crippen LogP contribution is -2.54. The van der Waals surface area contributed by atoms with Gasteiger partial charge in [-0.3, -0.25) is 4.79 Å². The zero-order valence-electron chi connectivity index (χ0n) is 14.7. The average Bonchev–Trinajstić information content (AvgIpc) is 2.97. The molecule has 2 aliphatic rings. The minimum Gasteiger partial charge on any atom is -0.389 e. The second-order valence-electron chi connectivity index (χ2n) is 8.05. The number of rotatable bonds is 2. The normalized spacial score (nSPS) is 29.0. The Morgan fingerprint density at radius 3 is 2.39 bits per heavy atom. The highest BCUT2D eigenvalue weighted by Gasteiger charge is 2.52. The number of amides is 3. The number of aliphatic hydroxyl groups excluding tert-OH is 1. The number of urea groups is 1. The number of aliphatic hydroxyl groups is 1. The topological polar surface area (TPSA) is 98.9 Å². The molecular formula is C16H30N4O3. The van der Waals surface area contributed by atoms with Crippen LogP contribution < -0.4 is 11.1 Å². The number of likely N-dealkylation sites (tertiary alicyclic amines) is 2. The Morgan fingerprint density at radius 2 is 1.87 bits per heavy atom. The Balaban J connectivity index is 2.12. The number of fused-ring (bicyclic) bond motifs is 1. The maximum atomic E-state index is 12.7. The third-order valence-electron chi connectivity index (χ3n) is 4.75. The molecule has 2 heterocycles. The SMILES string of the molecule is CC(C)NC(=O)N1C[C@H](O)[C@@H]2[C@H]1CCN2C(=O)[C@@H](N)C(C)(C)C. The van der Waals surface area contributed by atoms with Crippen LogP contribution in [0, 0.1) is 5.41 Å². The van der Waals surface area contributed by atoms with Gasteiger partial charge in [0.15, 0.2) is 0 Å². The van der Waals surface area contributed by atoms with Crippen LogP contribution in [0.4, 0.5) is 4.79 Å². The van der Waals surface area contributed by atoms with E-state index in [1.54, 1.807) is 9.80 Å². The van der Waals surface area contributed by atoms with E-state index in [0.29, 0.717) is 13.0 Å². The number of β-amino-alcohol motifs (C(OH)–C–C–N with tert-alkyl or cyclic N) is 1. The summed E-state index contributed by atoms with van der Waals surface area (Å²) in [7, 11) is 0. The molecule has 7 nitrogen and oxygen atoms in total. The second-order valence-corrected chi connectivity index (χ2v) is 8.05. The first-order valence-electron chi connectivity index (χ1n) is 8.35. The fraction of sp³-hybridized carbons (Fsp3) is 0.875. The van der Waals surface area contributed by atoms with Gasteiger partial charge in [0.25, 0.3) is 0 Å². The molecule has 132 valence electrons. The summed E-state index contributed by atoms with van der Waals surface area (Å²) in [6.45, 7) is 10.4. The van der Waals surface area contributed by atoms with Gasteiger partial charge in [-0.1, -0.05) is 20.8 Å². The maximum Gasteiger partial charge on any atom is 0.318 e. The van der Waals surface area contributed by atoms with Gasteiger partial charge in [-0.15, -0.1) is 0 Å². The van der Waals surface area contributed by atoms with Crippen LogP contribution in [-0.2, 0) is 4.79 Å². The molecule has 23 heavy (non-hydrogen) atoms. The van der Waals surface area contributed by atoms with E-state index in [-0.39, 0.29) is 42.0 Å². The standard InChI is InChI=1S/C16H30N4O3/c1-9(2)18-15(23)20-8-11(21)12-10(20)6-7-19(12)14(22)13(17)16(3,4)5/h9-13,21H,6-8,17H2,1-5H3,(H,18,23)/t10-,11+,12+,13-/m1/s1. The van der Waals surface area contributed by atoms with Crippen LogP contribution in [0.15, 0.2) is 0 Å². The molecule has 0 aromatic rings. The quantitative estimate of drug-likeness (QED) is 0.671. The lowest BCUT2D eigenvalue weighted by atomic mass is 9.86. The number of nitrogens with zero attached hydrogens (tertiary/aromatic N) is 2. The monoisotopic (exact) mass is 326 g/mol. The van der Waals surface area contributed by atoms with Crippen molar-refractivity contribution in [3.8, 4) is 0 Å². The minimum absolute atomic E-state index is 0.0344. The van der Waals surface area contributed by atoms with Crippen molar-refractivity contribution in [3.63, 3.8) is 0 Å². The van der Waals surface area contributed by atoms with Crippen molar-refractivity contribution in [2.24, 2.45) is 11.1 Å². The summed E-state index contributed by atoms with van der Waals surface area (Å²) in [5.74, 6) is -0.143. The number of carbonyl (C=O) groups is 2. The molecule has 0 aromatic carbocycles. The molecule has 0 bridgehead atoms. The summed E-state index contributed by atoms with van der Waals surface area (Å²) in [5.41, 5.74) is 5.76. The van der Waals surface area contributed by atoms with Crippen molar-refractivity contribution in [2.45, 2.75) is 71.3 Å². The molecule has 2 fully saturated rings. The van der Waals surface area contributed by atoms with E-state index in [9.17, 15) is 14.7 Å². The summed E-state index contributed by atoms with van der Waals surface area (Å²) in [6.07, 6.45) is -0.0490. The maximum absolute atomic E-state index is 12.7. The summed E-state index contributed by atoms with van der Waals surface area (Å²) >= 11 is 0. The predicted octanol–water partition coefficient (Wildman–Crippen LogP) is 0.124. The zero-order chi connectivity index (χ0) is 17.5. The van der Waals surface area contributed by atoms with Gasteiger partial charge in [0.2, 0.25) is 5.91 Å². The van der Waals surface area contributed by atoms with Crippen molar-refractivity contribution in [1.82, 2.24) is 15.1 Å². The van der Waals surface area contributed by atoms with Crippen LogP contribution in [-0.4, -0.2) is 70.2 Å². The Hall–Kier alpha value is -1.34. The Morgan fingerprint density at radius 1 is 1.26 bits per heavy atom. The molecule has 2 saturated heterocycles. The summed E-state index contributed by atoms with van der Waals surface area (Å²) < 4.78 is 0. The molecule has 3 amide bonds. The lowest BCUT2D eigenvalue weighted by Gasteiger charge is -2.33. The van der Waals surface area contributed by atoms with Crippen LogP contribution in [0.2, 0.25) is 0 Å². The first-order chi connectivity index (χ1) is 10.5. The molecule has 0 unspecified atom stereocenters. The highest BCUT2D eigenvalue weighted by atomic mass is 16.3. The fourth-order valence-corrected chi connectivity index (χ4v) is 3.42. The third-order valence-corrected chi connectivity index (χ3v) is 4.75. The summed E-state index contributed by atoms with van der Waals surface area (Å²) in [5, 5.41) is 13.3. The first kappa shape index (κ1) is 18.0. The fourth-order valence-electron chi connectivity index (χ4n) is 3.42. The molecule has 2 aliphatic heterocycles. The van der Waals surface area contributed by atoms with E-state index in [2.05, 4.69) is 5.32 Å². The van der Waals surface area contributed by atoms with E-state index in [1.807, 2.05) is 34.6 Å². The Kier molecular flexibility index (Phi) is 4.92. The van der Waals surface area contributed by atoms with Gasteiger partial charge < -0.3 is 26.0 Å². The highest BCUT2D eigenvalue weighted by molar-refractivity contribution is 5.84. The van der Waals surface area contributed by atoms with E-state index in [0.717, 1.165) is 0 Å². The first-order valence-corrected chi connectivity index (χ1v) is 8.35. The molecule has 0 spiro atoms. The number of carbonyl (C=O) groups excluding carboxylic acids is 2. The molecule has 4 atom stereocenters. The largest absolute Gasteiger partial charge is 0.389 e. The van der Waals surface area contributed by atoms with Gasteiger partial charge in [0, 0.05) is 12.6 Å². The predicted molar refractivity (Wildman–Crippen MR) is 87.7 cm³/mol. The lowest BCUT2D eigenvalue weighted by molar-refractivity contribution is -0.137. The van der Waals surface area contributed by atoms with Gasteiger partial charge in [-0.25, -0.2) is 4.79 Å². The zero-order valence-corrected chi connectivity index (χ0v) is 14.7. The molecule has 0 radical (unpaired) electrons. The molecule has 0 aliphatic carbocycles. The van der Waals surface area contributed by atoms with Gasteiger partial charge in [-0.05, 0) is 25.7 Å². The Labute approximate surface area is 138 Å². The van der Waals surface area contributed by atoms with Crippen molar-refractivity contribution in [2.75, 3.05) is 13.1 Å². The van der Waals surface area contributed by atoms with Crippen molar-refractivity contribution in [1.29, 1.82) is 0 Å². The van der Waals surface area contributed by atoms with Crippen molar-refractivity contribution >= 4 is 11.9 Å². The Bertz CT molecular complexity index is 474. The van der Waals surface area contributed by atoms with Crippen molar-refractivity contribution in [3.05, 3.63) is 0 Å². The number of nitrogens with two attached hydrogens (primary N) is 1.